The Labute approximate surface area is 149 Å². The van der Waals surface area contributed by atoms with E-state index in [0.29, 0.717) is 11.3 Å². The molecule has 7 heteroatoms. The number of benzene rings is 2. The minimum Gasteiger partial charge on any atom is -0.423 e. The van der Waals surface area contributed by atoms with E-state index < -0.39 is 11.9 Å². The highest BCUT2D eigenvalue weighted by atomic mass is 16.5. The standard InChI is InChI=1S/C19H16N4O3/c1-13-11-17(22-21-13)18(24)23-20-12-14-7-9-16(10-8-14)26-19(25)15-5-3-2-4-6-15/h2-12H,1H3,(H,21,22)(H,23,24)/b20-12+. The summed E-state index contributed by atoms with van der Waals surface area (Å²) in [6.45, 7) is 1.80. The molecule has 1 aromatic heterocycles. The number of nitrogens with one attached hydrogen (secondary N) is 2. The predicted octanol–water partition coefficient (Wildman–Crippen LogP) is 2.70. The van der Waals surface area contributed by atoms with Gasteiger partial charge in [-0.2, -0.15) is 10.2 Å². The van der Waals surface area contributed by atoms with E-state index in [1.165, 1.54) is 6.21 Å². The van der Waals surface area contributed by atoms with Gasteiger partial charge in [0, 0.05) is 5.69 Å². The maximum absolute atomic E-state index is 12.0. The zero-order chi connectivity index (χ0) is 18.4. The van der Waals surface area contributed by atoms with E-state index in [9.17, 15) is 9.59 Å². The second kappa shape index (κ2) is 7.89. The summed E-state index contributed by atoms with van der Waals surface area (Å²) in [7, 11) is 0. The number of hydrogen-bond acceptors (Lipinski definition) is 5. The molecule has 0 atom stereocenters. The highest BCUT2D eigenvalue weighted by Crippen LogP contribution is 2.13. The monoisotopic (exact) mass is 348 g/mol. The van der Waals surface area contributed by atoms with Crippen LogP contribution in [0.15, 0.2) is 65.8 Å². The van der Waals surface area contributed by atoms with Crippen LogP contribution in [0.2, 0.25) is 0 Å². The average molecular weight is 348 g/mol. The summed E-state index contributed by atoms with van der Waals surface area (Å²) in [5.74, 6) is -0.403. The molecule has 0 aliphatic rings. The Balaban J connectivity index is 1.56. The topological polar surface area (TPSA) is 96.4 Å². The van der Waals surface area contributed by atoms with E-state index >= 15 is 0 Å². The third-order valence-corrected chi connectivity index (χ3v) is 3.42. The Hall–Kier alpha value is -3.74. The third-order valence-electron chi connectivity index (χ3n) is 3.42. The summed E-state index contributed by atoms with van der Waals surface area (Å²) in [6, 6.07) is 17.1. The van der Waals surface area contributed by atoms with E-state index in [4.69, 9.17) is 4.74 Å². The van der Waals surface area contributed by atoms with Crippen LogP contribution in [0.4, 0.5) is 0 Å². The van der Waals surface area contributed by atoms with Crippen molar-refractivity contribution in [1.29, 1.82) is 0 Å². The first kappa shape index (κ1) is 17.1. The van der Waals surface area contributed by atoms with Gasteiger partial charge in [-0.25, -0.2) is 10.2 Å². The van der Waals surface area contributed by atoms with E-state index in [1.54, 1.807) is 61.5 Å². The number of hydrazone groups is 1. The van der Waals surface area contributed by atoms with Crippen LogP contribution >= 0.6 is 0 Å². The molecule has 3 aromatic rings. The lowest BCUT2D eigenvalue weighted by molar-refractivity contribution is 0.0734. The van der Waals surface area contributed by atoms with Crippen molar-refractivity contribution >= 4 is 18.1 Å². The SMILES string of the molecule is Cc1cc(C(=O)N/N=C/c2ccc(OC(=O)c3ccccc3)cc2)n[nH]1. The number of hydrogen-bond donors (Lipinski definition) is 2. The van der Waals surface area contributed by atoms with Gasteiger partial charge in [-0.05, 0) is 55.0 Å². The van der Waals surface area contributed by atoms with Crippen LogP contribution in [0.5, 0.6) is 5.75 Å². The van der Waals surface area contributed by atoms with Gasteiger partial charge in [-0.15, -0.1) is 0 Å². The first-order valence-electron chi connectivity index (χ1n) is 7.84. The Kier molecular flexibility index (Phi) is 5.19. The lowest BCUT2D eigenvalue weighted by Crippen LogP contribution is -2.18. The largest absolute Gasteiger partial charge is 0.423 e. The zero-order valence-corrected chi connectivity index (χ0v) is 14.0. The van der Waals surface area contributed by atoms with Crippen molar-refractivity contribution in [2.45, 2.75) is 6.92 Å². The summed E-state index contributed by atoms with van der Waals surface area (Å²) in [5, 5.41) is 10.4. The molecule has 7 nitrogen and oxygen atoms in total. The molecule has 3 rings (SSSR count). The predicted molar refractivity (Wildman–Crippen MR) is 96.2 cm³/mol. The third kappa shape index (κ3) is 4.41. The average Bonchev–Trinajstić information content (AvgIpc) is 3.10. The molecule has 0 saturated heterocycles. The highest BCUT2D eigenvalue weighted by Gasteiger charge is 2.08. The summed E-state index contributed by atoms with van der Waals surface area (Å²) in [4.78, 5) is 23.8. The number of aromatic amines is 1. The molecule has 0 bridgehead atoms. The molecule has 0 saturated carbocycles. The van der Waals surface area contributed by atoms with Crippen molar-refractivity contribution in [3.05, 3.63) is 83.2 Å². The van der Waals surface area contributed by atoms with Gasteiger partial charge in [-0.3, -0.25) is 9.89 Å². The van der Waals surface area contributed by atoms with Crippen molar-refractivity contribution in [1.82, 2.24) is 15.6 Å². The Morgan fingerprint density at radius 2 is 1.85 bits per heavy atom. The quantitative estimate of drug-likeness (QED) is 0.321. The molecule has 0 aliphatic carbocycles. The fraction of sp³-hybridized carbons (Fsp3) is 0.0526. The van der Waals surface area contributed by atoms with Gasteiger partial charge in [0.2, 0.25) is 0 Å². The van der Waals surface area contributed by atoms with E-state index in [1.807, 2.05) is 6.07 Å². The van der Waals surface area contributed by atoms with Crippen molar-refractivity contribution in [3.63, 3.8) is 0 Å². The maximum Gasteiger partial charge on any atom is 0.343 e. The van der Waals surface area contributed by atoms with Gasteiger partial charge in [-0.1, -0.05) is 18.2 Å². The molecule has 1 amide bonds. The number of rotatable bonds is 5. The second-order valence-electron chi connectivity index (χ2n) is 5.46. The van der Waals surface area contributed by atoms with Gasteiger partial charge in [0.05, 0.1) is 11.8 Å². The summed E-state index contributed by atoms with van der Waals surface area (Å²) >= 11 is 0. The molecule has 1 heterocycles. The molecule has 0 unspecified atom stereocenters. The van der Waals surface area contributed by atoms with E-state index in [2.05, 4.69) is 20.7 Å². The zero-order valence-electron chi connectivity index (χ0n) is 14.0. The Bertz CT molecular complexity index is 931. The first-order chi connectivity index (χ1) is 12.6. The number of nitrogens with zero attached hydrogens (tertiary/aromatic N) is 2. The van der Waals surface area contributed by atoms with Gasteiger partial charge in [0.1, 0.15) is 5.75 Å². The lowest BCUT2D eigenvalue weighted by atomic mass is 10.2. The summed E-state index contributed by atoms with van der Waals surface area (Å²) in [5.41, 5.74) is 4.67. The number of aromatic nitrogens is 2. The van der Waals surface area contributed by atoms with Crippen molar-refractivity contribution < 1.29 is 14.3 Å². The fourth-order valence-electron chi connectivity index (χ4n) is 2.12. The van der Waals surface area contributed by atoms with E-state index in [0.717, 1.165) is 11.3 Å². The number of carbonyl (C=O) groups is 2. The first-order valence-corrected chi connectivity index (χ1v) is 7.84. The van der Waals surface area contributed by atoms with E-state index in [-0.39, 0.29) is 5.69 Å². The van der Waals surface area contributed by atoms with Crippen LogP contribution in [-0.2, 0) is 0 Å². The number of esters is 1. The number of ether oxygens (including phenoxy) is 1. The smallest absolute Gasteiger partial charge is 0.343 e. The molecule has 2 N–H and O–H groups in total. The maximum atomic E-state index is 12.0. The molecule has 0 radical (unpaired) electrons. The van der Waals surface area contributed by atoms with Gasteiger partial charge in [0.15, 0.2) is 5.69 Å². The Morgan fingerprint density at radius 1 is 1.12 bits per heavy atom. The van der Waals surface area contributed by atoms with Crippen molar-refractivity contribution in [3.8, 4) is 5.75 Å². The molecule has 0 fully saturated rings. The fourth-order valence-corrected chi connectivity index (χ4v) is 2.12. The molecule has 130 valence electrons. The summed E-state index contributed by atoms with van der Waals surface area (Å²) in [6.07, 6.45) is 1.49. The molecule has 2 aromatic carbocycles. The normalized spacial score (nSPS) is 10.7. The van der Waals surface area contributed by atoms with Gasteiger partial charge in [0.25, 0.3) is 5.91 Å². The minimum absolute atomic E-state index is 0.267. The van der Waals surface area contributed by atoms with Crippen molar-refractivity contribution in [2.24, 2.45) is 5.10 Å². The van der Waals surface area contributed by atoms with Crippen LogP contribution in [0.3, 0.4) is 0 Å². The van der Waals surface area contributed by atoms with Crippen LogP contribution < -0.4 is 10.2 Å². The minimum atomic E-state index is -0.423. The molecular weight excluding hydrogens is 332 g/mol. The number of amides is 1. The van der Waals surface area contributed by atoms with Crippen LogP contribution in [0, 0.1) is 6.92 Å². The number of carbonyl (C=O) groups excluding carboxylic acids is 2. The van der Waals surface area contributed by atoms with Crippen LogP contribution in [0.25, 0.3) is 0 Å². The molecular formula is C19H16N4O3. The van der Waals surface area contributed by atoms with Crippen LogP contribution in [0.1, 0.15) is 32.1 Å². The van der Waals surface area contributed by atoms with Gasteiger partial charge >= 0.3 is 5.97 Å². The Morgan fingerprint density at radius 3 is 2.50 bits per heavy atom. The number of H-pyrrole nitrogens is 1. The van der Waals surface area contributed by atoms with Gasteiger partial charge < -0.3 is 4.74 Å². The number of aryl methyl sites for hydroxylation is 1. The summed E-state index contributed by atoms with van der Waals surface area (Å²) < 4.78 is 5.29. The van der Waals surface area contributed by atoms with Crippen LogP contribution in [-0.4, -0.2) is 28.3 Å². The molecule has 0 aliphatic heterocycles. The molecule has 0 spiro atoms. The lowest BCUT2D eigenvalue weighted by Gasteiger charge is -2.04. The molecule has 26 heavy (non-hydrogen) atoms. The highest BCUT2D eigenvalue weighted by molar-refractivity contribution is 5.93. The van der Waals surface area contributed by atoms with Crippen molar-refractivity contribution in [2.75, 3.05) is 0 Å². The second-order valence-corrected chi connectivity index (χ2v) is 5.46.